The molecule has 0 saturated heterocycles. The molecule has 43 heavy (non-hydrogen) atoms. The molecule has 2 aromatic rings. The molecule has 0 saturated carbocycles. The maximum absolute atomic E-state index is 11.6. The minimum Gasteiger partial charge on any atom is -0.487 e. The number of carboxylic acid groups (broad SMARTS) is 1. The normalized spacial score (nSPS) is 15.6. The van der Waals surface area contributed by atoms with Crippen LogP contribution in [-0.2, 0) is 14.3 Å². The van der Waals surface area contributed by atoms with Crippen LogP contribution in [-0.4, -0.2) is 62.9 Å². The molecule has 0 aliphatic carbocycles. The topological polar surface area (TPSA) is 92.7 Å². The number of unbranched alkanes of at least 4 members (excludes halogenated alkanes) is 11. The summed E-state index contributed by atoms with van der Waals surface area (Å²) in [4.78, 5) is 11.6. The third-order valence-electron chi connectivity index (χ3n) is 7.64. The number of rotatable bonds is 16. The van der Waals surface area contributed by atoms with Crippen molar-refractivity contribution in [3.8, 4) is 23.0 Å². The molecular formula is C35H52O8. The van der Waals surface area contributed by atoms with E-state index in [0.717, 1.165) is 19.3 Å². The summed E-state index contributed by atoms with van der Waals surface area (Å²) in [6.45, 7) is 3.56. The number of benzene rings is 2. The molecule has 1 aliphatic heterocycles. The van der Waals surface area contributed by atoms with Crippen LogP contribution in [0, 0.1) is 0 Å². The van der Waals surface area contributed by atoms with Gasteiger partial charge in [0.15, 0.2) is 23.0 Å². The van der Waals surface area contributed by atoms with E-state index in [1.54, 1.807) is 0 Å². The highest BCUT2D eigenvalue weighted by atomic mass is 16.6. The second kappa shape index (κ2) is 20.9. The van der Waals surface area contributed by atoms with Gasteiger partial charge in [-0.15, -0.1) is 0 Å². The van der Waals surface area contributed by atoms with Gasteiger partial charge in [-0.3, -0.25) is 0 Å². The number of carbonyl (C=O) groups is 1. The predicted molar refractivity (Wildman–Crippen MR) is 168 cm³/mol. The largest absolute Gasteiger partial charge is 0.487 e. The molecule has 240 valence electrons. The Morgan fingerprint density at radius 2 is 1.07 bits per heavy atom. The van der Waals surface area contributed by atoms with Crippen molar-refractivity contribution in [2.45, 2.75) is 96.0 Å². The van der Waals surface area contributed by atoms with Crippen LogP contribution in [0.1, 0.15) is 90.4 Å². The first-order valence-corrected chi connectivity index (χ1v) is 16.2. The van der Waals surface area contributed by atoms with Gasteiger partial charge in [-0.1, -0.05) is 108 Å². The zero-order chi connectivity index (χ0) is 30.4. The zero-order valence-corrected chi connectivity index (χ0v) is 26.1. The summed E-state index contributed by atoms with van der Waals surface area (Å²) in [6.07, 6.45) is 15.5. The van der Waals surface area contributed by atoms with Gasteiger partial charge in [0.1, 0.15) is 38.6 Å². The molecule has 0 radical (unpaired) electrons. The van der Waals surface area contributed by atoms with Crippen molar-refractivity contribution in [2.75, 3.05) is 46.2 Å². The van der Waals surface area contributed by atoms with Crippen molar-refractivity contribution in [1.29, 1.82) is 0 Å². The fourth-order valence-corrected chi connectivity index (χ4v) is 5.16. The first-order chi connectivity index (χ1) is 21.1. The van der Waals surface area contributed by atoms with Gasteiger partial charge in [-0.2, -0.15) is 0 Å². The zero-order valence-electron chi connectivity index (χ0n) is 26.1. The van der Waals surface area contributed by atoms with E-state index in [-0.39, 0.29) is 13.2 Å². The van der Waals surface area contributed by atoms with Crippen LogP contribution < -0.4 is 18.9 Å². The molecule has 1 aliphatic rings. The third kappa shape index (κ3) is 13.9. The quantitative estimate of drug-likeness (QED) is 0.195. The fraction of sp³-hybridized carbons (Fsp3) is 0.629. The van der Waals surface area contributed by atoms with Gasteiger partial charge in [-0.25, -0.2) is 4.79 Å². The van der Waals surface area contributed by atoms with E-state index in [9.17, 15) is 9.90 Å². The minimum atomic E-state index is -1.03. The van der Waals surface area contributed by atoms with Crippen LogP contribution in [0.3, 0.4) is 0 Å². The van der Waals surface area contributed by atoms with E-state index in [1.165, 1.54) is 57.8 Å². The average molecular weight is 601 g/mol. The molecule has 0 bridgehead atoms. The van der Waals surface area contributed by atoms with Gasteiger partial charge >= 0.3 is 5.97 Å². The smallest absolute Gasteiger partial charge is 0.329 e. The number of para-hydroxylation sites is 4. The summed E-state index contributed by atoms with van der Waals surface area (Å²) in [5, 5.41) is 9.52. The summed E-state index contributed by atoms with van der Waals surface area (Å²) < 4.78 is 36.2. The highest BCUT2D eigenvalue weighted by Crippen LogP contribution is 2.32. The lowest BCUT2D eigenvalue weighted by atomic mass is 9.96. The Kier molecular flexibility index (Phi) is 16.7. The molecule has 0 spiro atoms. The maximum atomic E-state index is 11.6. The summed E-state index contributed by atoms with van der Waals surface area (Å²) in [5.74, 6) is 1.29. The Morgan fingerprint density at radius 3 is 1.51 bits per heavy atom. The van der Waals surface area contributed by atoms with E-state index in [2.05, 4.69) is 6.92 Å². The highest BCUT2D eigenvalue weighted by Gasteiger charge is 2.35. The van der Waals surface area contributed by atoms with Crippen LogP contribution in [0.2, 0.25) is 0 Å². The van der Waals surface area contributed by atoms with Crippen molar-refractivity contribution in [1.82, 2.24) is 0 Å². The van der Waals surface area contributed by atoms with Gasteiger partial charge in [0, 0.05) is 0 Å². The monoisotopic (exact) mass is 600 g/mol. The predicted octanol–water partition coefficient (Wildman–Crippen LogP) is 7.86. The van der Waals surface area contributed by atoms with Crippen molar-refractivity contribution >= 4 is 5.97 Å². The van der Waals surface area contributed by atoms with Crippen molar-refractivity contribution < 1.29 is 38.3 Å². The first kappa shape index (κ1) is 34.5. The molecule has 8 nitrogen and oxygen atoms in total. The number of aliphatic carboxylic acids is 1. The van der Waals surface area contributed by atoms with Gasteiger partial charge in [-0.05, 0) is 30.7 Å². The summed E-state index contributed by atoms with van der Waals surface area (Å²) in [6, 6.07) is 14.9. The molecule has 0 unspecified atom stereocenters. The lowest BCUT2D eigenvalue weighted by Gasteiger charge is -2.33. The average Bonchev–Trinajstić information content (AvgIpc) is 3.02. The second-order valence-corrected chi connectivity index (χ2v) is 11.3. The van der Waals surface area contributed by atoms with Crippen molar-refractivity contribution in [2.24, 2.45) is 0 Å². The Morgan fingerprint density at radius 1 is 0.651 bits per heavy atom. The van der Waals surface area contributed by atoms with Crippen LogP contribution in [0.5, 0.6) is 23.0 Å². The summed E-state index contributed by atoms with van der Waals surface area (Å²) in [7, 11) is 0. The lowest BCUT2D eigenvalue weighted by Crippen LogP contribution is -2.46. The van der Waals surface area contributed by atoms with Crippen LogP contribution >= 0.6 is 0 Å². The van der Waals surface area contributed by atoms with Gasteiger partial charge < -0.3 is 33.5 Å². The molecule has 3 rings (SSSR count). The van der Waals surface area contributed by atoms with E-state index in [1.807, 2.05) is 48.5 Å². The first-order valence-electron chi connectivity index (χ1n) is 16.2. The van der Waals surface area contributed by atoms with Crippen LogP contribution in [0.25, 0.3) is 0 Å². The molecule has 0 amide bonds. The number of carboxylic acids is 1. The minimum absolute atomic E-state index is 0.109. The van der Waals surface area contributed by atoms with E-state index in [0.29, 0.717) is 55.8 Å². The SMILES string of the molecule is CCCCCCCCCCCCCCC1(OCC(=O)O)COc2ccccc2OCCOCCOc2ccccc2OC1. The number of hydrogen-bond donors (Lipinski definition) is 1. The van der Waals surface area contributed by atoms with Gasteiger partial charge in [0.05, 0.1) is 13.2 Å². The molecule has 8 heteroatoms. The molecule has 2 aromatic carbocycles. The number of fused-ring (bicyclic) bond motifs is 2. The molecule has 0 fully saturated rings. The highest BCUT2D eigenvalue weighted by molar-refractivity contribution is 5.68. The van der Waals surface area contributed by atoms with E-state index < -0.39 is 18.2 Å². The Labute approximate surface area is 258 Å². The van der Waals surface area contributed by atoms with Crippen LogP contribution in [0.15, 0.2) is 48.5 Å². The number of ether oxygens (including phenoxy) is 6. The molecular weight excluding hydrogens is 548 g/mol. The van der Waals surface area contributed by atoms with E-state index in [4.69, 9.17) is 28.4 Å². The number of hydrogen-bond acceptors (Lipinski definition) is 7. The van der Waals surface area contributed by atoms with Crippen LogP contribution in [0.4, 0.5) is 0 Å². The second-order valence-electron chi connectivity index (χ2n) is 11.3. The Bertz CT molecular complexity index is 971. The third-order valence-corrected chi connectivity index (χ3v) is 7.64. The van der Waals surface area contributed by atoms with Crippen molar-refractivity contribution in [3.63, 3.8) is 0 Å². The maximum Gasteiger partial charge on any atom is 0.329 e. The molecule has 0 aromatic heterocycles. The Balaban J connectivity index is 1.65. The summed E-state index contributed by atoms with van der Waals surface area (Å²) in [5.41, 5.74) is -0.989. The standard InChI is InChI=1S/C35H52O8/c1-2-3-4-5-6-7-8-9-10-11-12-17-22-35(43-27-34(36)37)28-41-32-20-15-13-18-30(32)39-25-23-38-24-26-40-31-19-14-16-21-33(31)42-29-35/h13-16,18-21H,2-12,17,22-29H2,1H3,(H,36,37). The molecule has 0 atom stereocenters. The fourth-order valence-electron chi connectivity index (χ4n) is 5.16. The Hall–Kier alpha value is -2.97. The molecule has 1 heterocycles. The van der Waals surface area contributed by atoms with Gasteiger partial charge in [0.2, 0.25) is 0 Å². The molecule has 1 N–H and O–H groups in total. The van der Waals surface area contributed by atoms with Crippen molar-refractivity contribution in [3.05, 3.63) is 48.5 Å². The lowest BCUT2D eigenvalue weighted by molar-refractivity contribution is -0.156. The van der Waals surface area contributed by atoms with E-state index >= 15 is 0 Å². The van der Waals surface area contributed by atoms with Gasteiger partial charge in [0.25, 0.3) is 0 Å². The summed E-state index contributed by atoms with van der Waals surface area (Å²) >= 11 is 0.